The summed E-state index contributed by atoms with van der Waals surface area (Å²) in [4.78, 5) is 22.6. The minimum Gasteiger partial charge on any atom is -0.508 e. The van der Waals surface area contributed by atoms with E-state index < -0.39 is 5.60 Å². The molecule has 2 aliphatic rings. The lowest BCUT2D eigenvalue weighted by Gasteiger charge is -2.25. The zero-order chi connectivity index (χ0) is 18.5. The maximum absolute atomic E-state index is 12.1. The molecule has 1 N–H and O–H groups in total. The molecule has 26 heavy (non-hydrogen) atoms. The molecule has 0 bridgehead atoms. The summed E-state index contributed by atoms with van der Waals surface area (Å²) in [5.41, 5.74) is 0.858. The Morgan fingerprint density at radius 3 is 2.69 bits per heavy atom. The molecule has 1 aromatic carbocycles. The molecule has 1 amide bonds. The number of hydrogen-bond donors (Lipinski definition) is 1. The van der Waals surface area contributed by atoms with Crippen molar-refractivity contribution in [3.63, 3.8) is 0 Å². The van der Waals surface area contributed by atoms with Crippen LogP contribution in [-0.4, -0.2) is 51.4 Å². The van der Waals surface area contributed by atoms with Crippen LogP contribution in [0, 0.1) is 17.8 Å². The van der Waals surface area contributed by atoms with E-state index in [0.29, 0.717) is 41.3 Å². The third-order valence-electron chi connectivity index (χ3n) is 4.95. The first-order chi connectivity index (χ1) is 12.3. The second-order valence-corrected chi connectivity index (χ2v) is 8.07. The Hall–Kier alpha value is -2.57. The topological polar surface area (TPSA) is 84.8 Å². The number of aromatic hydroxyl groups is 1. The van der Waals surface area contributed by atoms with Crippen LogP contribution in [0.3, 0.4) is 0 Å². The van der Waals surface area contributed by atoms with Crippen LogP contribution in [0.1, 0.15) is 20.8 Å². The summed E-state index contributed by atoms with van der Waals surface area (Å²) in [6.07, 6.45) is 1.37. The summed E-state index contributed by atoms with van der Waals surface area (Å²) in [6.45, 7) is 7.65. The Balaban J connectivity index is 1.30. The molecule has 3 atom stereocenters. The maximum atomic E-state index is 12.1. The standard InChI is InChI=1S/C19H23N3O4/c1-19(2,3)26-18(24)22-8-12-13(9-22)14(12)10-25-17-7-20-15-5-4-11(23)6-16(15)21-17/h4-7,12-14,23H,8-10H2,1-3H3/t12-,13+,14+. The van der Waals surface area contributed by atoms with Gasteiger partial charge in [0.05, 0.1) is 23.8 Å². The summed E-state index contributed by atoms with van der Waals surface area (Å²) in [7, 11) is 0. The first kappa shape index (κ1) is 16.9. The average Bonchev–Trinajstić information content (AvgIpc) is 3.00. The molecule has 2 heterocycles. The van der Waals surface area contributed by atoms with Crippen LogP contribution in [0.25, 0.3) is 11.0 Å². The van der Waals surface area contributed by atoms with E-state index in [1.54, 1.807) is 29.3 Å². The minimum atomic E-state index is -0.463. The zero-order valence-corrected chi connectivity index (χ0v) is 15.2. The molecule has 7 nitrogen and oxygen atoms in total. The van der Waals surface area contributed by atoms with Gasteiger partial charge in [0.25, 0.3) is 0 Å². The van der Waals surface area contributed by atoms with Crippen LogP contribution in [0.15, 0.2) is 24.4 Å². The van der Waals surface area contributed by atoms with Crippen LogP contribution in [-0.2, 0) is 4.74 Å². The van der Waals surface area contributed by atoms with Gasteiger partial charge in [-0.2, -0.15) is 0 Å². The molecule has 1 saturated carbocycles. The number of phenols is 1. The van der Waals surface area contributed by atoms with E-state index in [2.05, 4.69) is 9.97 Å². The van der Waals surface area contributed by atoms with E-state index in [1.807, 2.05) is 20.8 Å². The molecule has 0 spiro atoms. The molecular formula is C19H23N3O4. The number of piperidine rings is 1. The number of aromatic nitrogens is 2. The number of amides is 1. The van der Waals surface area contributed by atoms with Gasteiger partial charge in [0.2, 0.25) is 5.88 Å². The molecule has 1 saturated heterocycles. The molecule has 4 rings (SSSR count). The number of hydrogen-bond acceptors (Lipinski definition) is 6. The highest BCUT2D eigenvalue weighted by molar-refractivity contribution is 5.76. The van der Waals surface area contributed by atoms with Gasteiger partial charge in [-0.3, -0.25) is 0 Å². The first-order valence-corrected chi connectivity index (χ1v) is 8.87. The highest BCUT2D eigenvalue weighted by Gasteiger charge is 2.57. The molecule has 1 aliphatic heterocycles. The molecular weight excluding hydrogens is 334 g/mol. The number of carbonyl (C=O) groups is 1. The van der Waals surface area contributed by atoms with Gasteiger partial charge in [-0.05, 0) is 44.7 Å². The van der Waals surface area contributed by atoms with Crippen LogP contribution in [0.2, 0.25) is 0 Å². The third-order valence-corrected chi connectivity index (χ3v) is 4.95. The van der Waals surface area contributed by atoms with Gasteiger partial charge in [0, 0.05) is 25.1 Å². The van der Waals surface area contributed by atoms with Crippen molar-refractivity contribution in [1.29, 1.82) is 0 Å². The van der Waals surface area contributed by atoms with Crippen molar-refractivity contribution >= 4 is 17.1 Å². The van der Waals surface area contributed by atoms with Crippen molar-refractivity contribution in [2.24, 2.45) is 17.8 Å². The number of fused-ring (bicyclic) bond motifs is 2. The number of nitrogens with zero attached hydrogens (tertiary/aromatic N) is 3. The number of benzene rings is 1. The largest absolute Gasteiger partial charge is 0.508 e. The lowest BCUT2D eigenvalue weighted by Crippen LogP contribution is -2.37. The van der Waals surface area contributed by atoms with E-state index in [-0.39, 0.29) is 11.8 Å². The number of carbonyl (C=O) groups excluding carboxylic acids is 1. The number of rotatable bonds is 3. The number of ether oxygens (including phenoxy) is 2. The summed E-state index contributed by atoms with van der Waals surface area (Å²) < 4.78 is 11.2. The Labute approximate surface area is 151 Å². The van der Waals surface area contributed by atoms with Gasteiger partial charge in [0.1, 0.15) is 11.4 Å². The van der Waals surface area contributed by atoms with Crippen LogP contribution in [0.4, 0.5) is 4.79 Å². The summed E-state index contributed by atoms with van der Waals surface area (Å²) in [5.74, 6) is 2.00. The van der Waals surface area contributed by atoms with Crippen LogP contribution >= 0.6 is 0 Å². The van der Waals surface area contributed by atoms with Gasteiger partial charge in [-0.1, -0.05) is 0 Å². The second kappa shape index (κ2) is 6.00. The lowest BCUT2D eigenvalue weighted by molar-refractivity contribution is 0.0260. The Bertz CT molecular complexity index is 836. The van der Waals surface area contributed by atoms with E-state index in [0.717, 1.165) is 13.1 Å². The van der Waals surface area contributed by atoms with E-state index in [1.165, 1.54) is 0 Å². The van der Waals surface area contributed by atoms with Crippen molar-refractivity contribution in [2.45, 2.75) is 26.4 Å². The van der Waals surface area contributed by atoms with Crippen molar-refractivity contribution in [2.75, 3.05) is 19.7 Å². The smallest absolute Gasteiger partial charge is 0.410 e. The first-order valence-electron chi connectivity index (χ1n) is 8.87. The SMILES string of the molecule is CC(C)(C)OC(=O)N1C[C@@H]2[C@@H](COc3cnc4ccc(O)cc4n3)[C@@H]2C1. The molecule has 2 fully saturated rings. The molecule has 1 aromatic heterocycles. The van der Waals surface area contributed by atoms with Gasteiger partial charge < -0.3 is 19.5 Å². The Kier molecular flexibility index (Phi) is 3.89. The molecule has 7 heteroatoms. The lowest BCUT2D eigenvalue weighted by atomic mass is 10.2. The fourth-order valence-corrected chi connectivity index (χ4v) is 3.61. The highest BCUT2D eigenvalue weighted by atomic mass is 16.6. The van der Waals surface area contributed by atoms with E-state index in [9.17, 15) is 9.90 Å². The van der Waals surface area contributed by atoms with Crippen molar-refractivity contribution in [3.05, 3.63) is 24.4 Å². The zero-order valence-electron chi connectivity index (χ0n) is 15.2. The summed E-state index contributed by atoms with van der Waals surface area (Å²) in [5, 5.41) is 9.55. The molecule has 0 unspecified atom stereocenters. The molecule has 0 radical (unpaired) electrons. The quantitative estimate of drug-likeness (QED) is 0.909. The molecule has 1 aliphatic carbocycles. The monoisotopic (exact) mass is 357 g/mol. The van der Waals surface area contributed by atoms with Crippen molar-refractivity contribution in [1.82, 2.24) is 14.9 Å². The van der Waals surface area contributed by atoms with Crippen LogP contribution in [0.5, 0.6) is 11.6 Å². The average molecular weight is 357 g/mol. The highest BCUT2D eigenvalue weighted by Crippen LogP contribution is 2.51. The maximum Gasteiger partial charge on any atom is 0.410 e. The van der Waals surface area contributed by atoms with Crippen molar-refractivity contribution < 1.29 is 19.4 Å². The Morgan fingerprint density at radius 1 is 1.27 bits per heavy atom. The summed E-state index contributed by atoms with van der Waals surface area (Å²) >= 11 is 0. The normalized spacial score (nSPS) is 24.4. The molecule has 2 aromatic rings. The Morgan fingerprint density at radius 2 is 2.00 bits per heavy atom. The van der Waals surface area contributed by atoms with Gasteiger partial charge in [0.15, 0.2) is 0 Å². The van der Waals surface area contributed by atoms with Gasteiger partial charge in [-0.15, -0.1) is 0 Å². The fraction of sp³-hybridized carbons (Fsp3) is 0.526. The minimum absolute atomic E-state index is 0.155. The predicted molar refractivity (Wildman–Crippen MR) is 95.0 cm³/mol. The number of likely N-dealkylation sites (tertiary alicyclic amines) is 1. The van der Waals surface area contributed by atoms with Crippen LogP contribution < -0.4 is 4.74 Å². The second-order valence-electron chi connectivity index (χ2n) is 8.07. The van der Waals surface area contributed by atoms with E-state index >= 15 is 0 Å². The van der Waals surface area contributed by atoms with Gasteiger partial charge in [-0.25, -0.2) is 14.8 Å². The van der Waals surface area contributed by atoms with Gasteiger partial charge >= 0.3 is 6.09 Å². The van der Waals surface area contributed by atoms with Crippen molar-refractivity contribution in [3.8, 4) is 11.6 Å². The predicted octanol–water partition coefficient (Wildman–Crippen LogP) is 2.83. The van der Waals surface area contributed by atoms with E-state index in [4.69, 9.17) is 9.47 Å². The fourth-order valence-electron chi connectivity index (χ4n) is 3.61. The molecule has 138 valence electrons. The number of phenolic OH excluding ortho intramolecular Hbond substituents is 1. The summed E-state index contributed by atoms with van der Waals surface area (Å²) in [6, 6.07) is 4.87. The third kappa shape index (κ3) is 3.38.